The number of nitrogens with two attached hydrogens (primary N) is 1. The Morgan fingerprint density at radius 3 is 2.50 bits per heavy atom. The molecule has 0 unspecified atom stereocenters. The van der Waals surface area contributed by atoms with Gasteiger partial charge < -0.3 is 15.2 Å². The van der Waals surface area contributed by atoms with Gasteiger partial charge in [0.05, 0.1) is 29.9 Å². The Morgan fingerprint density at radius 2 is 2.07 bits per heavy atom. The summed E-state index contributed by atoms with van der Waals surface area (Å²) in [6, 6.07) is 1.65. The van der Waals surface area contributed by atoms with Gasteiger partial charge in [0.15, 0.2) is 6.29 Å². The largest absolute Gasteiger partial charge is 0.495 e. The van der Waals surface area contributed by atoms with Crippen LogP contribution >= 0.6 is 15.9 Å². The highest BCUT2D eigenvalue weighted by atomic mass is 79.9. The number of methoxy groups -OCH3 is 2. The van der Waals surface area contributed by atoms with Crippen molar-refractivity contribution in [3.63, 3.8) is 0 Å². The molecule has 0 heterocycles. The van der Waals surface area contributed by atoms with E-state index in [2.05, 4.69) is 15.9 Å². The van der Waals surface area contributed by atoms with E-state index >= 15 is 0 Å². The molecule has 4 nitrogen and oxygen atoms in total. The second-order valence-electron chi connectivity index (χ2n) is 2.54. The van der Waals surface area contributed by atoms with Crippen molar-refractivity contribution in [2.45, 2.75) is 0 Å². The van der Waals surface area contributed by atoms with E-state index in [0.717, 1.165) is 0 Å². The molecular formula is C9H10BrNO3. The zero-order valence-electron chi connectivity index (χ0n) is 7.83. The number of hydrogen-bond acceptors (Lipinski definition) is 4. The van der Waals surface area contributed by atoms with E-state index in [-0.39, 0.29) is 5.69 Å². The minimum Gasteiger partial charge on any atom is -0.495 e. The summed E-state index contributed by atoms with van der Waals surface area (Å²) < 4.78 is 10.7. The van der Waals surface area contributed by atoms with Crippen LogP contribution in [0.5, 0.6) is 11.5 Å². The average molecular weight is 260 g/mol. The summed E-state index contributed by atoms with van der Waals surface area (Å²) in [5.41, 5.74) is 6.26. The molecular weight excluding hydrogens is 250 g/mol. The van der Waals surface area contributed by atoms with Gasteiger partial charge in [0.1, 0.15) is 11.5 Å². The van der Waals surface area contributed by atoms with Gasteiger partial charge in [-0.25, -0.2) is 0 Å². The third kappa shape index (κ3) is 1.68. The zero-order chi connectivity index (χ0) is 10.7. The average Bonchev–Trinajstić information content (AvgIpc) is 2.20. The van der Waals surface area contributed by atoms with Crippen LogP contribution in [0.4, 0.5) is 5.69 Å². The van der Waals surface area contributed by atoms with Crippen molar-refractivity contribution < 1.29 is 14.3 Å². The molecule has 0 atom stereocenters. The maximum absolute atomic E-state index is 10.8. The Hall–Kier alpha value is -1.23. The van der Waals surface area contributed by atoms with Crippen LogP contribution in [-0.2, 0) is 0 Å². The van der Waals surface area contributed by atoms with Gasteiger partial charge in [-0.1, -0.05) is 0 Å². The third-order valence-electron chi connectivity index (χ3n) is 1.82. The molecule has 0 amide bonds. The van der Waals surface area contributed by atoms with Crippen molar-refractivity contribution >= 4 is 27.9 Å². The topological polar surface area (TPSA) is 61.5 Å². The Labute approximate surface area is 90.1 Å². The quantitative estimate of drug-likeness (QED) is 0.665. The summed E-state index contributed by atoms with van der Waals surface area (Å²) in [7, 11) is 2.96. The second kappa shape index (κ2) is 4.32. The van der Waals surface area contributed by atoms with Crippen LogP contribution in [0.3, 0.4) is 0 Å². The molecule has 5 heteroatoms. The molecule has 0 aliphatic carbocycles. The number of hydrogen-bond donors (Lipinski definition) is 1. The van der Waals surface area contributed by atoms with Crippen LogP contribution in [0.1, 0.15) is 10.4 Å². The van der Waals surface area contributed by atoms with Crippen molar-refractivity contribution in [3.05, 3.63) is 16.1 Å². The van der Waals surface area contributed by atoms with E-state index in [4.69, 9.17) is 15.2 Å². The Kier molecular flexibility index (Phi) is 3.35. The number of carbonyl (C=O) groups is 1. The van der Waals surface area contributed by atoms with E-state index in [9.17, 15) is 4.79 Å². The van der Waals surface area contributed by atoms with Gasteiger partial charge in [-0.15, -0.1) is 0 Å². The first-order valence-corrected chi connectivity index (χ1v) is 4.60. The monoisotopic (exact) mass is 259 g/mol. The molecule has 0 spiro atoms. The second-order valence-corrected chi connectivity index (χ2v) is 3.39. The Balaban J connectivity index is 3.47. The number of nitrogen functional groups attached to an aromatic ring is 1. The first kappa shape index (κ1) is 10.8. The lowest BCUT2D eigenvalue weighted by atomic mass is 10.1. The smallest absolute Gasteiger partial charge is 0.156 e. The fourth-order valence-corrected chi connectivity index (χ4v) is 1.72. The molecule has 0 saturated carbocycles. The molecule has 1 aromatic carbocycles. The van der Waals surface area contributed by atoms with Crippen molar-refractivity contribution in [3.8, 4) is 11.5 Å². The third-order valence-corrected chi connectivity index (χ3v) is 2.41. The fourth-order valence-electron chi connectivity index (χ4n) is 1.14. The number of halogens is 1. The molecule has 0 fully saturated rings. The predicted octanol–water partition coefficient (Wildman–Crippen LogP) is 1.86. The fraction of sp³-hybridized carbons (Fsp3) is 0.222. The van der Waals surface area contributed by atoms with E-state index in [1.54, 1.807) is 6.07 Å². The van der Waals surface area contributed by atoms with Crippen LogP contribution in [0.25, 0.3) is 0 Å². The highest BCUT2D eigenvalue weighted by Crippen LogP contribution is 2.38. The SMILES string of the molecule is COc1cc(Br)c(OC)c(C=O)c1N. The molecule has 1 aromatic rings. The van der Waals surface area contributed by atoms with E-state index in [1.807, 2.05) is 0 Å². The molecule has 2 N–H and O–H groups in total. The van der Waals surface area contributed by atoms with Crippen LogP contribution in [-0.4, -0.2) is 20.5 Å². The molecule has 0 aromatic heterocycles. The van der Waals surface area contributed by atoms with Crippen LogP contribution in [0.15, 0.2) is 10.5 Å². The Morgan fingerprint density at radius 1 is 1.43 bits per heavy atom. The number of rotatable bonds is 3. The lowest BCUT2D eigenvalue weighted by Crippen LogP contribution is -2.01. The minimum atomic E-state index is 0.280. The molecule has 0 bridgehead atoms. The molecule has 76 valence electrons. The van der Waals surface area contributed by atoms with Crippen molar-refractivity contribution in [1.82, 2.24) is 0 Å². The molecule has 0 aliphatic rings. The summed E-state index contributed by atoms with van der Waals surface area (Å²) >= 11 is 3.25. The maximum atomic E-state index is 10.8. The zero-order valence-corrected chi connectivity index (χ0v) is 9.42. The van der Waals surface area contributed by atoms with Crippen molar-refractivity contribution in [2.24, 2.45) is 0 Å². The van der Waals surface area contributed by atoms with Gasteiger partial charge in [-0.05, 0) is 15.9 Å². The summed E-state index contributed by atoms with van der Waals surface area (Å²) in [5.74, 6) is 0.859. The predicted molar refractivity (Wildman–Crippen MR) is 57.0 cm³/mol. The van der Waals surface area contributed by atoms with Crippen molar-refractivity contribution in [2.75, 3.05) is 20.0 Å². The van der Waals surface area contributed by atoms with Crippen LogP contribution in [0, 0.1) is 0 Å². The number of carbonyl (C=O) groups excluding carboxylic acids is 1. The summed E-state index contributed by atoms with van der Waals surface area (Å²) in [6.45, 7) is 0. The first-order valence-electron chi connectivity index (χ1n) is 3.80. The summed E-state index contributed by atoms with van der Waals surface area (Å²) in [4.78, 5) is 10.8. The van der Waals surface area contributed by atoms with E-state index in [1.165, 1.54) is 14.2 Å². The van der Waals surface area contributed by atoms with Gasteiger partial charge in [0, 0.05) is 6.07 Å². The van der Waals surface area contributed by atoms with E-state index in [0.29, 0.717) is 27.8 Å². The van der Waals surface area contributed by atoms with Gasteiger partial charge in [0.25, 0.3) is 0 Å². The standard InChI is InChI=1S/C9H10BrNO3/c1-13-7-3-6(10)9(14-2)5(4-12)8(7)11/h3-4H,11H2,1-2H3. The first-order chi connectivity index (χ1) is 6.65. The Bertz CT molecular complexity index is 366. The summed E-state index contributed by atoms with van der Waals surface area (Å²) in [6.07, 6.45) is 0.640. The van der Waals surface area contributed by atoms with E-state index < -0.39 is 0 Å². The lowest BCUT2D eigenvalue weighted by Gasteiger charge is -2.12. The lowest BCUT2D eigenvalue weighted by molar-refractivity contribution is 0.112. The van der Waals surface area contributed by atoms with Gasteiger partial charge in [-0.2, -0.15) is 0 Å². The molecule has 0 saturated heterocycles. The molecule has 0 aliphatic heterocycles. The number of anilines is 1. The van der Waals surface area contributed by atoms with Gasteiger partial charge in [-0.3, -0.25) is 4.79 Å². The maximum Gasteiger partial charge on any atom is 0.156 e. The number of benzene rings is 1. The normalized spacial score (nSPS) is 9.64. The highest BCUT2D eigenvalue weighted by Gasteiger charge is 2.15. The van der Waals surface area contributed by atoms with Crippen LogP contribution < -0.4 is 15.2 Å². The summed E-state index contributed by atoms with van der Waals surface area (Å²) in [5, 5.41) is 0. The number of aldehydes is 1. The molecule has 1 rings (SSSR count). The van der Waals surface area contributed by atoms with Gasteiger partial charge >= 0.3 is 0 Å². The number of ether oxygens (including phenoxy) is 2. The van der Waals surface area contributed by atoms with Crippen LogP contribution in [0.2, 0.25) is 0 Å². The van der Waals surface area contributed by atoms with Gasteiger partial charge in [0.2, 0.25) is 0 Å². The highest BCUT2D eigenvalue weighted by molar-refractivity contribution is 9.10. The van der Waals surface area contributed by atoms with Crippen molar-refractivity contribution in [1.29, 1.82) is 0 Å². The minimum absolute atomic E-state index is 0.280. The molecule has 14 heavy (non-hydrogen) atoms. The molecule has 0 radical (unpaired) electrons.